The van der Waals surface area contributed by atoms with Crippen LogP contribution in [-0.2, 0) is 4.79 Å². The molecule has 0 aliphatic carbocycles. The van der Waals surface area contributed by atoms with Gasteiger partial charge in [0, 0.05) is 0 Å². The average Bonchev–Trinajstić information content (AvgIpc) is 2.70. The van der Waals surface area contributed by atoms with E-state index in [9.17, 15) is 4.79 Å². The highest BCUT2D eigenvalue weighted by molar-refractivity contribution is 5.93. The summed E-state index contributed by atoms with van der Waals surface area (Å²) in [4.78, 5) is 12.3. The van der Waals surface area contributed by atoms with Gasteiger partial charge in [0.1, 0.15) is 17.2 Å². The van der Waals surface area contributed by atoms with Crippen LogP contribution in [0.25, 0.3) is 0 Å². The first kappa shape index (κ1) is 19.3. The molecule has 1 N–H and O–H groups in total. The molecule has 0 fully saturated rings. The summed E-state index contributed by atoms with van der Waals surface area (Å²) in [5.41, 5.74) is 1.56. The highest BCUT2D eigenvalue weighted by atomic mass is 16.5. The second-order valence-electron chi connectivity index (χ2n) is 6.10. The summed E-state index contributed by atoms with van der Waals surface area (Å²) in [6.45, 7) is 4.40. The van der Waals surface area contributed by atoms with E-state index in [-0.39, 0.29) is 12.5 Å². The summed E-state index contributed by atoms with van der Waals surface area (Å²) in [6, 6.07) is 22.2. The van der Waals surface area contributed by atoms with Gasteiger partial charge in [0.15, 0.2) is 12.4 Å². The van der Waals surface area contributed by atoms with E-state index in [4.69, 9.17) is 14.2 Å². The van der Waals surface area contributed by atoms with Gasteiger partial charge >= 0.3 is 0 Å². The summed E-state index contributed by atoms with van der Waals surface area (Å²) >= 11 is 0. The molecular formula is C23H23NO4. The van der Waals surface area contributed by atoms with Crippen molar-refractivity contribution in [1.29, 1.82) is 0 Å². The van der Waals surface area contributed by atoms with Gasteiger partial charge < -0.3 is 19.5 Å². The first-order valence-electron chi connectivity index (χ1n) is 9.13. The highest BCUT2D eigenvalue weighted by Crippen LogP contribution is 2.30. The summed E-state index contributed by atoms with van der Waals surface area (Å²) in [6.07, 6.45) is 0. The maximum Gasteiger partial charge on any atom is 0.262 e. The molecule has 3 rings (SSSR count). The molecule has 0 saturated heterocycles. The van der Waals surface area contributed by atoms with E-state index in [2.05, 4.69) is 5.32 Å². The first-order chi connectivity index (χ1) is 13.7. The second-order valence-corrected chi connectivity index (χ2v) is 6.10. The predicted octanol–water partition coefficient (Wildman–Crippen LogP) is 5.20. The number of anilines is 1. The van der Waals surface area contributed by atoms with Gasteiger partial charge in [0.25, 0.3) is 5.91 Å². The fraction of sp³-hybridized carbons (Fsp3) is 0.174. The van der Waals surface area contributed by atoms with Crippen molar-refractivity contribution in [3.63, 3.8) is 0 Å². The molecule has 0 aliphatic heterocycles. The van der Waals surface area contributed by atoms with Crippen LogP contribution in [0.15, 0.2) is 72.8 Å². The topological polar surface area (TPSA) is 56.8 Å². The Morgan fingerprint density at radius 2 is 1.46 bits per heavy atom. The second kappa shape index (κ2) is 9.46. The molecule has 144 valence electrons. The van der Waals surface area contributed by atoms with E-state index in [1.165, 1.54) is 0 Å². The first-order valence-corrected chi connectivity index (χ1v) is 9.13. The van der Waals surface area contributed by atoms with E-state index in [0.29, 0.717) is 29.5 Å². The molecule has 0 spiro atoms. The van der Waals surface area contributed by atoms with E-state index < -0.39 is 0 Å². The molecule has 0 atom stereocenters. The Kier molecular flexibility index (Phi) is 6.52. The maximum absolute atomic E-state index is 12.3. The van der Waals surface area contributed by atoms with E-state index in [1.807, 2.05) is 74.5 Å². The molecule has 0 heterocycles. The van der Waals surface area contributed by atoms with E-state index in [0.717, 1.165) is 11.3 Å². The molecule has 0 radical (unpaired) electrons. The molecular weight excluding hydrogens is 354 g/mol. The van der Waals surface area contributed by atoms with Crippen molar-refractivity contribution >= 4 is 11.6 Å². The molecule has 28 heavy (non-hydrogen) atoms. The zero-order chi connectivity index (χ0) is 19.8. The lowest BCUT2D eigenvalue weighted by Crippen LogP contribution is -2.20. The van der Waals surface area contributed by atoms with Gasteiger partial charge in [-0.2, -0.15) is 0 Å². The third-order valence-electron chi connectivity index (χ3n) is 3.98. The van der Waals surface area contributed by atoms with Crippen LogP contribution in [0.3, 0.4) is 0 Å². The van der Waals surface area contributed by atoms with Crippen LogP contribution in [0.1, 0.15) is 12.5 Å². The number of benzene rings is 3. The van der Waals surface area contributed by atoms with E-state index in [1.54, 1.807) is 12.1 Å². The number of ether oxygens (including phenoxy) is 3. The number of para-hydroxylation sites is 3. The number of rotatable bonds is 8. The number of nitrogens with one attached hydrogen (secondary N) is 1. The molecule has 0 aliphatic rings. The lowest BCUT2D eigenvalue weighted by molar-refractivity contribution is -0.118. The van der Waals surface area contributed by atoms with Crippen LogP contribution in [-0.4, -0.2) is 19.1 Å². The molecule has 5 heteroatoms. The Morgan fingerprint density at radius 1 is 0.821 bits per heavy atom. The van der Waals surface area contributed by atoms with Crippen LogP contribution < -0.4 is 19.5 Å². The van der Waals surface area contributed by atoms with Gasteiger partial charge in [0.05, 0.1) is 12.3 Å². The van der Waals surface area contributed by atoms with Crippen molar-refractivity contribution in [2.75, 3.05) is 18.5 Å². The smallest absolute Gasteiger partial charge is 0.262 e. The summed E-state index contributed by atoms with van der Waals surface area (Å²) in [5.74, 6) is 2.42. The average molecular weight is 377 g/mol. The number of hydrogen-bond acceptors (Lipinski definition) is 4. The standard InChI is InChI=1S/C23H23NO4/c1-3-26-18-12-14-19(15-13-18)28-22-11-7-5-9-20(22)24-23(25)16-27-21-10-6-4-8-17(21)2/h4-15H,3,16H2,1-2H3,(H,24,25). The normalized spacial score (nSPS) is 10.2. The van der Waals surface area contributed by atoms with Gasteiger partial charge in [-0.25, -0.2) is 0 Å². The van der Waals surface area contributed by atoms with Crippen LogP contribution in [0.5, 0.6) is 23.0 Å². The minimum Gasteiger partial charge on any atom is -0.494 e. The van der Waals surface area contributed by atoms with Gasteiger partial charge in [0.2, 0.25) is 0 Å². The monoisotopic (exact) mass is 377 g/mol. The quantitative estimate of drug-likeness (QED) is 0.586. The number of carbonyl (C=O) groups excluding carboxylic acids is 1. The Labute approximate surface area is 164 Å². The Hall–Kier alpha value is -3.47. The number of aryl methyl sites for hydroxylation is 1. The van der Waals surface area contributed by atoms with Crippen LogP contribution in [0.2, 0.25) is 0 Å². The van der Waals surface area contributed by atoms with Gasteiger partial charge in [-0.05, 0) is 61.9 Å². The van der Waals surface area contributed by atoms with Gasteiger partial charge in [-0.1, -0.05) is 30.3 Å². The molecule has 1 amide bonds. The molecule has 0 bridgehead atoms. The van der Waals surface area contributed by atoms with Gasteiger partial charge in [-0.15, -0.1) is 0 Å². The Morgan fingerprint density at radius 3 is 2.18 bits per heavy atom. The molecule has 3 aromatic rings. The largest absolute Gasteiger partial charge is 0.494 e. The molecule has 5 nitrogen and oxygen atoms in total. The van der Waals surface area contributed by atoms with Gasteiger partial charge in [-0.3, -0.25) is 4.79 Å². The fourth-order valence-corrected chi connectivity index (χ4v) is 2.60. The SMILES string of the molecule is CCOc1ccc(Oc2ccccc2NC(=O)COc2ccccc2C)cc1. The summed E-state index contributed by atoms with van der Waals surface area (Å²) < 4.78 is 16.9. The van der Waals surface area contributed by atoms with Crippen LogP contribution >= 0.6 is 0 Å². The van der Waals surface area contributed by atoms with Crippen molar-refractivity contribution in [2.24, 2.45) is 0 Å². The van der Waals surface area contributed by atoms with Crippen molar-refractivity contribution in [1.82, 2.24) is 0 Å². The molecule has 0 aromatic heterocycles. The molecule has 0 saturated carbocycles. The zero-order valence-electron chi connectivity index (χ0n) is 16.0. The Bertz CT molecular complexity index is 922. The van der Waals surface area contributed by atoms with Crippen molar-refractivity contribution < 1.29 is 19.0 Å². The lowest BCUT2D eigenvalue weighted by atomic mass is 10.2. The molecule has 3 aromatic carbocycles. The maximum atomic E-state index is 12.3. The number of amides is 1. The third kappa shape index (κ3) is 5.27. The predicted molar refractivity (Wildman–Crippen MR) is 109 cm³/mol. The lowest BCUT2D eigenvalue weighted by Gasteiger charge is -2.13. The number of carbonyl (C=O) groups is 1. The fourth-order valence-electron chi connectivity index (χ4n) is 2.60. The summed E-state index contributed by atoms with van der Waals surface area (Å²) in [7, 11) is 0. The number of hydrogen-bond donors (Lipinski definition) is 1. The molecule has 0 unspecified atom stereocenters. The van der Waals surface area contributed by atoms with Crippen LogP contribution in [0, 0.1) is 6.92 Å². The summed E-state index contributed by atoms with van der Waals surface area (Å²) in [5, 5.41) is 2.84. The van der Waals surface area contributed by atoms with E-state index >= 15 is 0 Å². The van der Waals surface area contributed by atoms with Crippen molar-refractivity contribution in [3.8, 4) is 23.0 Å². The third-order valence-corrected chi connectivity index (χ3v) is 3.98. The Balaban J connectivity index is 1.63. The minimum absolute atomic E-state index is 0.0811. The van der Waals surface area contributed by atoms with Crippen molar-refractivity contribution in [2.45, 2.75) is 13.8 Å². The highest BCUT2D eigenvalue weighted by Gasteiger charge is 2.10. The van der Waals surface area contributed by atoms with Crippen LogP contribution in [0.4, 0.5) is 5.69 Å². The van der Waals surface area contributed by atoms with Crippen molar-refractivity contribution in [3.05, 3.63) is 78.4 Å². The minimum atomic E-state index is -0.258. The zero-order valence-corrected chi connectivity index (χ0v) is 16.0.